The molecule has 0 aromatic heterocycles. The van der Waals surface area contributed by atoms with E-state index < -0.39 is 18.2 Å². The molecule has 0 spiro atoms. The van der Waals surface area contributed by atoms with E-state index in [1.807, 2.05) is 0 Å². The fraction of sp³-hybridized carbons (Fsp3) is 0.909. The van der Waals surface area contributed by atoms with Gasteiger partial charge >= 0.3 is 5.97 Å². The highest BCUT2D eigenvalue weighted by Crippen LogP contribution is 2.08. The summed E-state index contributed by atoms with van der Waals surface area (Å²) in [5, 5.41) is 18.3. The second kappa shape index (κ2) is 7.65. The van der Waals surface area contributed by atoms with Gasteiger partial charge < -0.3 is 10.2 Å². The van der Waals surface area contributed by atoms with E-state index in [9.17, 15) is 9.90 Å². The Labute approximate surface area is 91.9 Å². The van der Waals surface area contributed by atoms with Crippen LogP contribution in [-0.4, -0.2) is 39.9 Å². The summed E-state index contributed by atoms with van der Waals surface area (Å²) in [5.74, 6) is -0.883. The van der Waals surface area contributed by atoms with Crippen LogP contribution in [0.25, 0.3) is 0 Å². The predicted octanol–water partition coefficient (Wildman–Crippen LogP) is 1.68. The SMILES string of the molecule is CCCCCCN(C(C)O)C(C)C(=O)O. The molecule has 4 nitrogen and oxygen atoms in total. The quantitative estimate of drug-likeness (QED) is 0.479. The Bertz CT molecular complexity index is 183. The number of aliphatic hydroxyl groups is 1. The van der Waals surface area contributed by atoms with E-state index >= 15 is 0 Å². The molecular formula is C11H23NO3. The zero-order chi connectivity index (χ0) is 11.8. The molecule has 2 atom stereocenters. The zero-order valence-electron chi connectivity index (χ0n) is 9.94. The maximum Gasteiger partial charge on any atom is 0.320 e. The highest BCUT2D eigenvalue weighted by atomic mass is 16.4. The number of hydrogen-bond donors (Lipinski definition) is 2. The fourth-order valence-electron chi connectivity index (χ4n) is 1.57. The molecule has 0 radical (unpaired) electrons. The number of hydrogen-bond acceptors (Lipinski definition) is 3. The zero-order valence-corrected chi connectivity index (χ0v) is 9.94. The third-order valence-electron chi connectivity index (χ3n) is 2.60. The number of aliphatic carboxylic acids is 1. The van der Waals surface area contributed by atoms with Gasteiger partial charge in [-0.1, -0.05) is 26.2 Å². The Kier molecular flexibility index (Phi) is 7.34. The monoisotopic (exact) mass is 217 g/mol. The predicted molar refractivity (Wildman–Crippen MR) is 59.6 cm³/mol. The number of carboxylic acids is 1. The van der Waals surface area contributed by atoms with Crippen molar-refractivity contribution in [2.75, 3.05) is 6.54 Å². The van der Waals surface area contributed by atoms with E-state index in [1.54, 1.807) is 18.7 Å². The third-order valence-corrected chi connectivity index (χ3v) is 2.60. The smallest absolute Gasteiger partial charge is 0.320 e. The Hall–Kier alpha value is -0.610. The normalized spacial score (nSPS) is 15.3. The van der Waals surface area contributed by atoms with Gasteiger partial charge in [0.1, 0.15) is 12.3 Å². The number of aliphatic hydroxyl groups excluding tert-OH is 1. The maximum atomic E-state index is 10.8. The number of carboxylic acid groups (broad SMARTS) is 1. The van der Waals surface area contributed by atoms with Crippen LogP contribution in [0.1, 0.15) is 46.5 Å². The molecule has 0 bridgehead atoms. The van der Waals surface area contributed by atoms with Crippen molar-refractivity contribution >= 4 is 5.97 Å². The molecule has 0 saturated carbocycles. The number of carbonyl (C=O) groups is 1. The van der Waals surface area contributed by atoms with Crippen LogP contribution in [0.4, 0.5) is 0 Å². The first-order valence-electron chi connectivity index (χ1n) is 5.67. The van der Waals surface area contributed by atoms with E-state index in [1.165, 1.54) is 0 Å². The van der Waals surface area contributed by atoms with E-state index in [4.69, 9.17) is 5.11 Å². The molecule has 0 rings (SSSR count). The lowest BCUT2D eigenvalue weighted by Gasteiger charge is -2.28. The number of nitrogens with zero attached hydrogens (tertiary/aromatic N) is 1. The third kappa shape index (κ3) is 5.74. The van der Waals surface area contributed by atoms with Gasteiger partial charge in [-0.25, -0.2) is 0 Å². The van der Waals surface area contributed by atoms with Crippen LogP contribution in [0.2, 0.25) is 0 Å². The van der Waals surface area contributed by atoms with Crippen molar-refractivity contribution in [1.82, 2.24) is 4.90 Å². The summed E-state index contributed by atoms with van der Waals surface area (Å²) >= 11 is 0. The molecule has 0 amide bonds. The second-order valence-corrected chi connectivity index (χ2v) is 3.94. The van der Waals surface area contributed by atoms with Crippen molar-refractivity contribution in [3.05, 3.63) is 0 Å². The first-order chi connectivity index (χ1) is 7.00. The summed E-state index contributed by atoms with van der Waals surface area (Å²) in [6, 6.07) is -0.619. The molecule has 0 aliphatic heterocycles. The lowest BCUT2D eigenvalue weighted by Crippen LogP contribution is -2.45. The summed E-state index contributed by atoms with van der Waals surface area (Å²) in [6.07, 6.45) is 3.65. The summed E-state index contributed by atoms with van der Waals surface area (Å²) < 4.78 is 0. The molecule has 0 saturated heterocycles. The van der Waals surface area contributed by atoms with Crippen LogP contribution >= 0.6 is 0 Å². The van der Waals surface area contributed by atoms with Gasteiger partial charge in [-0.2, -0.15) is 0 Å². The van der Waals surface area contributed by atoms with Crippen molar-refractivity contribution in [3.8, 4) is 0 Å². The van der Waals surface area contributed by atoms with E-state index in [2.05, 4.69) is 6.92 Å². The van der Waals surface area contributed by atoms with Crippen molar-refractivity contribution in [1.29, 1.82) is 0 Å². The van der Waals surface area contributed by atoms with Crippen LogP contribution in [0.5, 0.6) is 0 Å². The minimum absolute atomic E-state index is 0.619. The summed E-state index contributed by atoms with van der Waals surface area (Å²) in [4.78, 5) is 12.4. The van der Waals surface area contributed by atoms with Gasteiger partial charge in [-0.15, -0.1) is 0 Å². The average molecular weight is 217 g/mol. The molecular weight excluding hydrogens is 194 g/mol. The van der Waals surface area contributed by atoms with Gasteiger partial charge in [0.25, 0.3) is 0 Å². The van der Waals surface area contributed by atoms with Gasteiger partial charge in [0.05, 0.1) is 0 Å². The molecule has 90 valence electrons. The van der Waals surface area contributed by atoms with Gasteiger partial charge in [-0.3, -0.25) is 9.69 Å². The molecule has 15 heavy (non-hydrogen) atoms. The van der Waals surface area contributed by atoms with Crippen LogP contribution in [0.3, 0.4) is 0 Å². The number of unbranched alkanes of at least 4 members (excludes halogenated alkanes) is 3. The molecule has 0 heterocycles. The fourth-order valence-corrected chi connectivity index (χ4v) is 1.57. The van der Waals surface area contributed by atoms with Gasteiger partial charge in [-0.05, 0) is 20.3 Å². The molecule has 0 fully saturated rings. The van der Waals surface area contributed by atoms with Gasteiger partial charge in [0, 0.05) is 6.54 Å². The largest absolute Gasteiger partial charge is 0.480 e. The molecule has 2 unspecified atom stereocenters. The van der Waals surface area contributed by atoms with Crippen molar-refractivity contribution < 1.29 is 15.0 Å². The number of rotatable bonds is 8. The Morgan fingerprint density at radius 1 is 1.27 bits per heavy atom. The van der Waals surface area contributed by atoms with Crippen LogP contribution < -0.4 is 0 Å². The van der Waals surface area contributed by atoms with Crippen LogP contribution in [0.15, 0.2) is 0 Å². The van der Waals surface area contributed by atoms with E-state index in [0.29, 0.717) is 6.54 Å². The molecule has 0 aromatic carbocycles. The topological polar surface area (TPSA) is 60.8 Å². The minimum Gasteiger partial charge on any atom is -0.480 e. The molecule has 4 heteroatoms. The molecule has 0 aromatic rings. The lowest BCUT2D eigenvalue weighted by molar-refractivity contribution is -0.147. The van der Waals surface area contributed by atoms with E-state index in [0.717, 1.165) is 25.7 Å². The average Bonchev–Trinajstić information content (AvgIpc) is 2.16. The van der Waals surface area contributed by atoms with Gasteiger partial charge in [0.2, 0.25) is 0 Å². The van der Waals surface area contributed by atoms with Gasteiger partial charge in [0.15, 0.2) is 0 Å². The Balaban J connectivity index is 3.99. The Morgan fingerprint density at radius 3 is 2.27 bits per heavy atom. The summed E-state index contributed by atoms with van der Waals surface area (Å²) in [5.41, 5.74) is 0. The van der Waals surface area contributed by atoms with Crippen molar-refractivity contribution in [2.24, 2.45) is 0 Å². The van der Waals surface area contributed by atoms with Crippen LogP contribution in [-0.2, 0) is 4.79 Å². The molecule has 0 aliphatic carbocycles. The standard InChI is InChI=1S/C11H23NO3/c1-4-5-6-7-8-12(10(3)13)9(2)11(14)15/h9-10,13H,4-8H2,1-3H3,(H,14,15). The second-order valence-electron chi connectivity index (χ2n) is 3.94. The highest BCUT2D eigenvalue weighted by Gasteiger charge is 2.23. The van der Waals surface area contributed by atoms with Crippen molar-refractivity contribution in [3.63, 3.8) is 0 Å². The van der Waals surface area contributed by atoms with Crippen molar-refractivity contribution in [2.45, 2.75) is 58.7 Å². The van der Waals surface area contributed by atoms with E-state index in [-0.39, 0.29) is 0 Å². The highest BCUT2D eigenvalue weighted by molar-refractivity contribution is 5.72. The Morgan fingerprint density at radius 2 is 1.87 bits per heavy atom. The first kappa shape index (κ1) is 14.4. The first-order valence-corrected chi connectivity index (χ1v) is 5.67. The van der Waals surface area contributed by atoms with Crippen LogP contribution in [0, 0.1) is 0 Å². The molecule has 0 aliphatic rings. The minimum atomic E-state index is -0.883. The lowest BCUT2D eigenvalue weighted by atomic mass is 10.2. The summed E-state index contributed by atoms with van der Waals surface area (Å²) in [6.45, 7) is 5.99. The molecule has 2 N–H and O–H groups in total. The summed E-state index contributed by atoms with van der Waals surface area (Å²) in [7, 11) is 0. The maximum absolute atomic E-state index is 10.8.